The lowest BCUT2D eigenvalue weighted by Crippen LogP contribution is -1.97. The number of anilines is 1. The average Bonchev–Trinajstić information content (AvgIpc) is 2.78. The Labute approximate surface area is 91.4 Å². The van der Waals surface area contributed by atoms with Gasteiger partial charge in [0.05, 0.1) is 12.5 Å². The first-order valence-electron chi connectivity index (χ1n) is 4.90. The molecule has 0 amide bonds. The third kappa shape index (κ3) is 0.970. The molecule has 0 atom stereocenters. The molecular formula is C11H11N3O2. The average molecular weight is 217 g/mol. The van der Waals surface area contributed by atoms with Crippen molar-refractivity contribution < 1.29 is 9.15 Å². The Balaban J connectivity index is 2.52. The topological polar surface area (TPSA) is 66.2 Å². The Hall–Kier alpha value is -2.17. The highest BCUT2D eigenvalue weighted by atomic mass is 16.5. The molecule has 2 N–H and O–H groups in total. The van der Waals surface area contributed by atoms with E-state index in [9.17, 15) is 0 Å². The molecule has 2 heterocycles. The van der Waals surface area contributed by atoms with Gasteiger partial charge in [0.1, 0.15) is 5.52 Å². The van der Waals surface area contributed by atoms with Crippen molar-refractivity contribution >= 4 is 27.9 Å². The molecule has 0 aliphatic carbocycles. The predicted octanol–water partition coefficient (Wildman–Crippen LogP) is 1.91. The Bertz CT molecular complexity index is 681. The van der Waals surface area contributed by atoms with Crippen molar-refractivity contribution in [3.63, 3.8) is 0 Å². The maximum absolute atomic E-state index is 5.86. The summed E-state index contributed by atoms with van der Waals surface area (Å²) in [6, 6.07) is 5.69. The van der Waals surface area contributed by atoms with Crippen molar-refractivity contribution in [2.75, 3.05) is 12.8 Å². The molecule has 5 heteroatoms. The zero-order valence-electron chi connectivity index (χ0n) is 9.02. The van der Waals surface area contributed by atoms with Gasteiger partial charge in [-0.2, -0.15) is 5.10 Å². The second kappa shape index (κ2) is 2.91. The number of aryl methyl sites for hydroxylation is 1. The van der Waals surface area contributed by atoms with E-state index in [2.05, 4.69) is 5.10 Å². The van der Waals surface area contributed by atoms with Gasteiger partial charge in [0.2, 0.25) is 0 Å². The lowest BCUT2D eigenvalue weighted by atomic mass is 10.2. The molecule has 3 rings (SSSR count). The van der Waals surface area contributed by atoms with E-state index in [-0.39, 0.29) is 0 Å². The number of furan rings is 1. The first-order valence-corrected chi connectivity index (χ1v) is 4.90. The normalized spacial score (nSPS) is 11.4. The van der Waals surface area contributed by atoms with Crippen molar-refractivity contribution in [1.29, 1.82) is 0 Å². The Kier molecular flexibility index (Phi) is 1.65. The monoisotopic (exact) mass is 217 g/mol. The number of aromatic nitrogens is 2. The molecule has 0 unspecified atom stereocenters. The van der Waals surface area contributed by atoms with Gasteiger partial charge in [-0.25, -0.2) is 4.68 Å². The van der Waals surface area contributed by atoms with Crippen molar-refractivity contribution in [3.05, 3.63) is 18.2 Å². The minimum Gasteiger partial charge on any atom is -0.493 e. The molecule has 0 radical (unpaired) electrons. The summed E-state index contributed by atoms with van der Waals surface area (Å²) in [6.45, 7) is 0. The zero-order valence-corrected chi connectivity index (χ0v) is 9.02. The number of nitrogen functional groups attached to an aromatic ring is 1. The summed E-state index contributed by atoms with van der Waals surface area (Å²) in [5.74, 6) is 1.21. The first-order chi connectivity index (χ1) is 7.72. The van der Waals surface area contributed by atoms with Crippen LogP contribution in [-0.4, -0.2) is 16.9 Å². The highest BCUT2D eigenvalue weighted by Gasteiger charge is 2.17. The maximum Gasteiger partial charge on any atom is 0.197 e. The van der Waals surface area contributed by atoms with Gasteiger partial charge in [0.15, 0.2) is 22.7 Å². The smallest absolute Gasteiger partial charge is 0.197 e. The molecule has 3 aromatic rings. The Morgan fingerprint density at radius 2 is 2.19 bits per heavy atom. The lowest BCUT2D eigenvalue weighted by molar-refractivity contribution is 0.412. The van der Waals surface area contributed by atoms with Crippen LogP contribution in [0.15, 0.2) is 22.6 Å². The highest BCUT2D eigenvalue weighted by molar-refractivity contribution is 6.07. The molecule has 2 aromatic heterocycles. The van der Waals surface area contributed by atoms with Gasteiger partial charge in [-0.05, 0) is 12.1 Å². The summed E-state index contributed by atoms with van der Waals surface area (Å²) in [5.41, 5.74) is 7.93. The molecule has 0 fully saturated rings. The van der Waals surface area contributed by atoms with Crippen molar-refractivity contribution in [3.8, 4) is 5.75 Å². The highest BCUT2D eigenvalue weighted by Crippen LogP contribution is 2.35. The molecule has 5 nitrogen and oxygen atoms in total. The van der Waals surface area contributed by atoms with E-state index < -0.39 is 0 Å². The van der Waals surface area contributed by atoms with Gasteiger partial charge in [-0.15, -0.1) is 0 Å². The van der Waals surface area contributed by atoms with Crippen LogP contribution in [0.25, 0.3) is 22.1 Å². The second-order valence-corrected chi connectivity index (χ2v) is 3.63. The minimum atomic E-state index is 0.522. The maximum atomic E-state index is 5.86. The van der Waals surface area contributed by atoms with Gasteiger partial charge in [0.25, 0.3) is 0 Å². The molecule has 1 aromatic carbocycles. The Morgan fingerprint density at radius 3 is 2.94 bits per heavy atom. The van der Waals surface area contributed by atoms with Crippen LogP contribution in [0, 0.1) is 0 Å². The molecule has 16 heavy (non-hydrogen) atoms. The number of nitrogens with two attached hydrogens (primary N) is 1. The quantitative estimate of drug-likeness (QED) is 0.676. The van der Waals surface area contributed by atoms with Gasteiger partial charge >= 0.3 is 0 Å². The third-order valence-corrected chi connectivity index (χ3v) is 2.70. The van der Waals surface area contributed by atoms with E-state index in [1.807, 2.05) is 18.2 Å². The number of ether oxygens (including phenoxy) is 1. The van der Waals surface area contributed by atoms with Gasteiger partial charge < -0.3 is 14.9 Å². The fourth-order valence-corrected chi connectivity index (χ4v) is 1.86. The number of hydrogen-bond acceptors (Lipinski definition) is 4. The molecule has 0 aliphatic rings. The standard InChI is InChI=1S/C11H11N3O2/c1-14-11(12)10-8(13-14)6-4-3-5-7(15-2)9(6)16-10/h3-5H,12H2,1-2H3. The second-order valence-electron chi connectivity index (χ2n) is 3.63. The molecule has 82 valence electrons. The van der Waals surface area contributed by atoms with Crippen molar-refractivity contribution in [1.82, 2.24) is 9.78 Å². The third-order valence-electron chi connectivity index (χ3n) is 2.70. The molecule has 0 aliphatic heterocycles. The fraction of sp³-hybridized carbons (Fsp3) is 0.182. The number of rotatable bonds is 1. The van der Waals surface area contributed by atoms with Crippen LogP contribution in [-0.2, 0) is 7.05 Å². The summed E-state index contributed by atoms with van der Waals surface area (Å²) < 4.78 is 12.5. The molecule has 0 saturated heterocycles. The van der Waals surface area contributed by atoms with Crippen LogP contribution >= 0.6 is 0 Å². The van der Waals surface area contributed by atoms with Crippen molar-refractivity contribution in [2.24, 2.45) is 7.05 Å². The summed E-state index contributed by atoms with van der Waals surface area (Å²) in [4.78, 5) is 0. The van der Waals surface area contributed by atoms with Gasteiger partial charge in [-0.1, -0.05) is 6.07 Å². The van der Waals surface area contributed by atoms with Crippen LogP contribution in [0.2, 0.25) is 0 Å². The SMILES string of the molecule is COc1cccc2c1oc1c(N)n(C)nc12. The van der Waals surface area contributed by atoms with E-state index in [4.69, 9.17) is 14.9 Å². The largest absolute Gasteiger partial charge is 0.493 e. The van der Waals surface area contributed by atoms with Crippen LogP contribution < -0.4 is 10.5 Å². The van der Waals surface area contributed by atoms with Crippen LogP contribution in [0.3, 0.4) is 0 Å². The van der Waals surface area contributed by atoms with Crippen LogP contribution in [0.5, 0.6) is 5.75 Å². The fourth-order valence-electron chi connectivity index (χ4n) is 1.86. The van der Waals surface area contributed by atoms with E-state index in [0.29, 0.717) is 22.7 Å². The van der Waals surface area contributed by atoms with Gasteiger partial charge in [-0.3, -0.25) is 0 Å². The molecule has 0 bridgehead atoms. The lowest BCUT2D eigenvalue weighted by Gasteiger charge is -1.99. The number of hydrogen-bond donors (Lipinski definition) is 1. The Morgan fingerprint density at radius 1 is 1.38 bits per heavy atom. The zero-order chi connectivity index (χ0) is 11.3. The first kappa shape index (κ1) is 9.08. The summed E-state index contributed by atoms with van der Waals surface area (Å²) in [6.07, 6.45) is 0. The number of nitrogens with zero attached hydrogens (tertiary/aromatic N) is 2. The van der Waals surface area contributed by atoms with E-state index in [0.717, 1.165) is 10.9 Å². The molecule has 0 saturated carbocycles. The predicted molar refractivity (Wildman–Crippen MR) is 61.5 cm³/mol. The van der Waals surface area contributed by atoms with E-state index >= 15 is 0 Å². The van der Waals surface area contributed by atoms with Crippen molar-refractivity contribution in [2.45, 2.75) is 0 Å². The van der Waals surface area contributed by atoms with Gasteiger partial charge in [0, 0.05) is 7.05 Å². The number of fused-ring (bicyclic) bond motifs is 3. The minimum absolute atomic E-state index is 0.522. The number of methoxy groups -OCH3 is 1. The molecular weight excluding hydrogens is 206 g/mol. The number of para-hydroxylation sites is 1. The summed E-state index contributed by atoms with van der Waals surface area (Å²) >= 11 is 0. The van der Waals surface area contributed by atoms with E-state index in [1.54, 1.807) is 18.8 Å². The van der Waals surface area contributed by atoms with E-state index in [1.165, 1.54) is 0 Å². The summed E-state index contributed by atoms with van der Waals surface area (Å²) in [7, 11) is 3.40. The van der Waals surface area contributed by atoms with Crippen LogP contribution in [0.4, 0.5) is 5.82 Å². The molecule has 0 spiro atoms. The summed E-state index contributed by atoms with van der Waals surface area (Å²) in [5, 5.41) is 5.24. The van der Waals surface area contributed by atoms with Crippen LogP contribution in [0.1, 0.15) is 0 Å². The number of benzene rings is 1.